The highest BCUT2D eigenvalue weighted by molar-refractivity contribution is 7.89. The zero-order valence-corrected chi connectivity index (χ0v) is 13.2. The van der Waals surface area contributed by atoms with Crippen molar-refractivity contribution in [3.63, 3.8) is 0 Å². The molecule has 3 nitrogen and oxygen atoms in total. The van der Waals surface area contributed by atoms with Crippen molar-refractivity contribution < 1.29 is 12.8 Å². The molecule has 0 aromatic heterocycles. The molecule has 0 aliphatic heterocycles. The van der Waals surface area contributed by atoms with Gasteiger partial charge >= 0.3 is 0 Å². The minimum Gasteiger partial charge on any atom is -0.207 e. The van der Waals surface area contributed by atoms with Crippen LogP contribution < -0.4 is 0 Å². The molecular formula is C14H19ClFNO2S. The van der Waals surface area contributed by atoms with Crippen LogP contribution in [-0.4, -0.2) is 31.2 Å². The van der Waals surface area contributed by atoms with Gasteiger partial charge in [-0.25, -0.2) is 12.8 Å². The Hall–Kier alpha value is -0.650. The Balaban J connectivity index is 2.36. The highest BCUT2D eigenvalue weighted by Crippen LogP contribution is 2.30. The largest absolute Gasteiger partial charge is 0.243 e. The van der Waals surface area contributed by atoms with Gasteiger partial charge in [-0.1, -0.05) is 18.9 Å². The van der Waals surface area contributed by atoms with Gasteiger partial charge in [-0.05, 0) is 37.5 Å². The molecule has 1 aromatic rings. The van der Waals surface area contributed by atoms with Crippen LogP contribution in [0.2, 0.25) is 0 Å². The number of benzene rings is 1. The summed E-state index contributed by atoms with van der Waals surface area (Å²) in [5, 5.41) is -0.183. The zero-order chi connectivity index (χ0) is 14.9. The molecule has 1 aliphatic carbocycles. The molecule has 1 aromatic carbocycles. The van der Waals surface area contributed by atoms with Gasteiger partial charge in [0.05, 0.1) is 10.3 Å². The van der Waals surface area contributed by atoms with E-state index in [2.05, 4.69) is 0 Å². The van der Waals surface area contributed by atoms with Crippen molar-refractivity contribution in [2.75, 3.05) is 7.05 Å². The first kappa shape index (κ1) is 15.7. The first-order valence-electron chi connectivity index (χ1n) is 6.72. The van der Waals surface area contributed by atoms with Crippen molar-refractivity contribution in [2.24, 2.45) is 0 Å². The van der Waals surface area contributed by atoms with Gasteiger partial charge < -0.3 is 0 Å². The number of hydrogen-bond donors (Lipinski definition) is 0. The number of aryl methyl sites for hydroxylation is 1. The molecule has 0 bridgehead atoms. The molecule has 6 heteroatoms. The Bertz CT molecular complexity index is 591. The van der Waals surface area contributed by atoms with Crippen LogP contribution in [0, 0.1) is 12.7 Å². The normalized spacial score (nSPS) is 24.1. The molecule has 20 heavy (non-hydrogen) atoms. The Morgan fingerprint density at radius 3 is 2.60 bits per heavy atom. The topological polar surface area (TPSA) is 37.4 Å². The fourth-order valence-corrected chi connectivity index (χ4v) is 4.83. The summed E-state index contributed by atoms with van der Waals surface area (Å²) < 4.78 is 40.0. The smallest absolute Gasteiger partial charge is 0.207 e. The predicted octanol–water partition coefficient (Wildman–Crippen LogP) is 3.30. The van der Waals surface area contributed by atoms with Gasteiger partial charge in [-0.15, -0.1) is 11.6 Å². The quantitative estimate of drug-likeness (QED) is 0.802. The fraction of sp³-hybridized carbons (Fsp3) is 0.571. The van der Waals surface area contributed by atoms with E-state index in [1.54, 1.807) is 6.92 Å². The third kappa shape index (κ3) is 3.00. The first-order chi connectivity index (χ1) is 9.34. The van der Waals surface area contributed by atoms with Gasteiger partial charge in [0.1, 0.15) is 5.82 Å². The zero-order valence-electron chi connectivity index (χ0n) is 11.6. The summed E-state index contributed by atoms with van der Waals surface area (Å²) >= 11 is 6.26. The Kier molecular flexibility index (Phi) is 4.72. The third-order valence-corrected chi connectivity index (χ3v) is 6.46. The minimum absolute atomic E-state index is 0.0226. The number of hydrogen-bond acceptors (Lipinski definition) is 2. The van der Waals surface area contributed by atoms with E-state index < -0.39 is 15.8 Å². The molecule has 0 radical (unpaired) electrons. The molecule has 0 heterocycles. The van der Waals surface area contributed by atoms with Crippen molar-refractivity contribution in [3.05, 3.63) is 29.6 Å². The van der Waals surface area contributed by atoms with E-state index >= 15 is 0 Å². The fourth-order valence-electron chi connectivity index (χ4n) is 2.66. The van der Waals surface area contributed by atoms with Crippen LogP contribution >= 0.6 is 11.6 Å². The van der Waals surface area contributed by atoms with Crippen LogP contribution in [0.15, 0.2) is 23.1 Å². The maximum atomic E-state index is 13.4. The van der Waals surface area contributed by atoms with Crippen molar-refractivity contribution in [3.8, 4) is 0 Å². The predicted molar refractivity (Wildman–Crippen MR) is 78.0 cm³/mol. The van der Waals surface area contributed by atoms with Gasteiger partial charge in [0.2, 0.25) is 10.0 Å². The highest BCUT2D eigenvalue weighted by atomic mass is 35.5. The maximum absolute atomic E-state index is 13.4. The van der Waals surface area contributed by atoms with Crippen LogP contribution in [0.25, 0.3) is 0 Å². The lowest BCUT2D eigenvalue weighted by molar-refractivity contribution is 0.290. The molecule has 0 amide bonds. The van der Waals surface area contributed by atoms with Gasteiger partial charge in [0.25, 0.3) is 0 Å². The van der Waals surface area contributed by atoms with Crippen LogP contribution in [0.5, 0.6) is 0 Å². The third-order valence-electron chi connectivity index (χ3n) is 3.92. The second-order valence-electron chi connectivity index (χ2n) is 5.30. The number of alkyl halides is 1. The molecular weight excluding hydrogens is 301 g/mol. The van der Waals surface area contributed by atoms with Gasteiger partial charge in [-0.2, -0.15) is 4.31 Å². The summed E-state index contributed by atoms with van der Waals surface area (Å²) in [6.07, 6.45) is 3.56. The number of halogens is 2. The molecule has 2 atom stereocenters. The van der Waals surface area contributed by atoms with E-state index in [1.165, 1.54) is 23.5 Å². The van der Waals surface area contributed by atoms with E-state index in [0.29, 0.717) is 5.56 Å². The molecule has 0 spiro atoms. The monoisotopic (exact) mass is 319 g/mol. The minimum atomic E-state index is -3.72. The Morgan fingerprint density at radius 2 is 1.95 bits per heavy atom. The van der Waals surface area contributed by atoms with E-state index in [4.69, 9.17) is 11.6 Å². The van der Waals surface area contributed by atoms with Crippen molar-refractivity contribution in [1.82, 2.24) is 4.31 Å². The Morgan fingerprint density at radius 1 is 1.30 bits per heavy atom. The summed E-state index contributed by atoms with van der Waals surface area (Å²) in [4.78, 5) is 0.0226. The Labute approximate surface area is 124 Å². The second-order valence-corrected chi connectivity index (χ2v) is 7.83. The first-order valence-corrected chi connectivity index (χ1v) is 8.60. The standard InChI is InChI=1S/C14H19ClFNO2S/c1-10-7-8-11(16)9-14(10)20(18,19)17(2)13-6-4-3-5-12(13)15/h7-9,12-13H,3-6H2,1-2H3. The van der Waals surface area contributed by atoms with Gasteiger partial charge in [0.15, 0.2) is 0 Å². The molecule has 1 saturated carbocycles. The van der Waals surface area contributed by atoms with Gasteiger partial charge in [0, 0.05) is 13.1 Å². The van der Waals surface area contributed by atoms with Crippen molar-refractivity contribution in [1.29, 1.82) is 0 Å². The molecule has 0 N–H and O–H groups in total. The average molecular weight is 320 g/mol. The van der Waals surface area contributed by atoms with Crippen molar-refractivity contribution >= 4 is 21.6 Å². The summed E-state index contributed by atoms with van der Waals surface area (Å²) in [6, 6.07) is 3.60. The van der Waals surface area contributed by atoms with Crippen LogP contribution in [-0.2, 0) is 10.0 Å². The number of rotatable bonds is 3. The summed E-state index contributed by atoms with van der Waals surface area (Å²) in [5.74, 6) is -0.548. The van der Waals surface area contributed by atoms with E-state index in [-0.39, 0.29) is 16.3 Å². The lowest BCUT2D eigenvalue weighted by Crippen LogP contribution is -2.44. The number of sulfonamides is 1. The molecule has 1 aliphatic rings. The maximum Gasteiger partial charge on any atom is 0.243 e. The lowest BCUT2D eigenvalue weighted by atomic mass is 9.95. The molecule has 112 valence electrons. The molecule has 0 saturated heterocycles. The summed E-state index contributed by atoms with van der Waals surface area (Å²) in [6.45, 7) is 1.67. The highest BCUT2D eigenvalue weighted by Gasteiger charge is 2.34. The van der Waals surface area contributed by atoms with Crippen molar-refractivity contribution in [2.45, 2.75) is 48.9 Å². The SMILES string of the molecule is Cc1ccc(F)cc1S(=O)(=O)N(C)C1CCCCC1Cl. The summed E-state index contributed by atoms with van der Waals surface area (Å²) in [7, 11) is -2.18. The van der Waals surface area contributed by atoms with E-state index in [1.807, 2.05) is 0 Å². The summed E-state index contributed by atoms with van der Waals surface area (Å²) in [5.41, 5.74) is 0.542. The van der Waals surface area contributed by atoms with Crippen LogP contribution in [0.4, 0.5) is 4.39 Å². The molecule has 2 unspecified atom stereocenters. The van der Waals surface area contributed by atoms with Crippen LogP contribution in [0.1, 0.15) is 31.2 Å². The van der Waals surface area contributed by atoms with E-state index in [9.17, 15) is 12.8 Å². The number of nitrogens with zero attached hydrogens (tertiary/aromatic N) is 1. The average Bonchev–Trinajstić information content (AvgIpc) is 2.41. The second kappa shape index (κ2) is 6.00. The van der Waals surface area contributed by atoms with Gasteiger partial charge in [-0.3, -0.25) is 0 Å². The van der Waals surface area contributed by atoms with E-state index in [0.717, 1.165) is 31.7 Å². The van der Waals surface area contributed by atoms with Crippen LogP contribution in [0.3, 0.4) is 0 Å². The lowest BCUT2D eigenvalue weighted by Gasteiger charge is -2.34. The molecule has 1 fully saturated rings. The molecule has 2 rings (SSSR count).